The van der Waals surface area contributed by atoms with E-state index in [1.54, 1.807) is 0 Å². The van der Waals surface area contributed by atoms with Crippen LogP contribution in [0.1, 0.15) is 27.2 Å². The molecule has 12 heavy (non-hydrogen) atoms. The zero-order valence-corrected chi connectivity index (χ0v) is 9.15. The van der Waals surface area contributed by atoms with E-state index in [0.29, 0.717) is 6.54 Å². The Bertz CT molecular complexity index is 111. The highest BCUT2D eigenvalue weighted by atomic mass is 32.1. The molecule has 1 nitrogen and oxygen atoms in total. The molecule has 1 fully saturated rings. The molecule has 1 heterocycles. The van der Waals surface area contributed by atoms with Crippen molar-refractivity contribution >= 4 is 12.6 Å². The molecule has 3 heteroatoms. The van der Waals surface area contributed by atoms with E-state index in [-0.39, 0.29) is 5.25 Å². The topological polar surface area (TPSA) is 3.24 Å². The Balaban J connectivity index is 0.000000561. The Morgan fingerprint density at radius 2 is 2.08 bits per heavy atom. The van der Waals surface area contributed by atoms with Crippen molar-refractivity contribution in [2.45, 2.75) is 38.6 Å². The van der Waals surface area contributed by atoms with Crippen molar-refractivity contribution in [1.29, 1.82) is 0 Å². The number of nitrogens with zero attached hydrogens (tertiary/aromatic N) is 1. The second-order valence-electron chi connectivity index (χ2n) is 2.77. The van der Waals surface area contributed by atoms with Crippen molar-refractivity contribution < 1.29 is 4.39 Å². The highest BCUT2D eigenvalue weighted by molar-refractivity contribution is 7.81. The lowest BCUT2D eigenvalue weighted by molar-refractivity contribution is 0.151. The number of piperidine rings is 1. The number of likely N-dealkylation sites (tertiary alicyclic amines) is 1. The zero-order chi connectivity index (χ0) is 9.56. The van der Waals surface area contributed by atoms with Gasteiger partial charge in [0.1, 0.15) is 6.17 Å². The molecule has 0 aromatic carbocycles. The van der Waals surface area contributed by atoms with Crippen LogP contribution < -0.4 is 0 Å². The molecule has 1 saturated heterocycles. The van der Waals surface area contributed by atoms with Crippen LogP contribution in [0.15, 0.2) is 0 Å². The van der Waals surface area contributed by atoms with Gasteiger partial charge in [-0.05, 0) is 19.5 Å². The second-order valence-corrected chi connectivity index (χ2v) is 3.43. The smallest absolute Gasteiger partial charge is 0.124 e. The molecular weight excluding hydrogens is 173 g/mol. The fourth-order valence-electron chi connectivity index (χ4n) is 1.24. The van der Waals surface area contributed by atoms with Crippen molar-refractivity contribution in [3.05, 3.63) is 0 Å². The zero-order valence-electron chi connectivity index (χ0n) is 8.26. The molecule has 1 aliphatic heterocycles. The van der Waals surface area contributed by atoms with Gasteiger partial charge in [0.05, 0.1) is 0 Å². The second kappa shape index (κ2) is 6.72. The summed E-state index contributed by atoms with van der Waals surface area (Å²) < 4.78 is 12.9. The lowest BCUT2D eigenvalue weighted by Crippen LogP contribution is -2.42. The third-order valence-electron chi connectivity index (χ3n) is 2.04. The van der Waals surface area contributed by atoms with Crippen molar-refractivity contribution in [3.63, 3.8) is 0 Å². The molecule has 2 unspecified atom stereocenters. The summed E-state index contributed by atoms with van der Waals surface area (Å²) in [5.74, 6) is 0. The van der Waals surface area contributed by atoms with Gasteiger partial charge < -0.3 is 4.90 Å². The third-order valence-corrected chi connectivity index (χ3v) is 2.62. The van der Waals surface area contributed by atoms with Crippen LogP contribution in [0.25, 0.3) is 0 Å². The predicted octanol–water partition coefficient (Wildman–Crippen LogP) is 2.37. The van der Waals surface area contributed by atoms with E-state index >= 15 is 0 Å². The van der Waals surface area contributed by atoms with Gasteiger partial charge in [0.25, 0.3) is 0 Å². The molecule has 0 spiro atoms. The van der Waals surface area contributed by atoms with Crippen molar-refractivity contribution in [1.82, 2.24) is 4.90 Å². The summed E-state index contributed by atoms with van der Waals surface area (Å²) in [4.78, 5) is 2.12. The van der Waals surface area contributed by atoms with Crippen LogP contribution in [-0.2, 0) is 0 Å². The number of halogens is 1. The fraction of sp³-hybridized carbons (Fsp3) is 1.00. The van der Waals surface area contributed by atoms with Crippen LogP contribution in [0.5, 0.6) is 0 Å². The lowest BCUT2D eigenvalue weighted by atomic mass is 10.1. The molecule has 0 radical (unpaired) electrons. The maximum absolute atomic E-state index is 12.9. The standard InChI is InChI=1S/C7H14FNS.C2H6/c1-2-9-4-3-7(10)6(8)5-9;1-2/h6-7,10H,2-5H2,1H3;1-2H3. The van der Waals surface area contributed by atoms with E-state index in [9.17, 15) is 4.39 Å². The van der Waals surface area contributed by atoms with Crippen LogP contribution in [0.4, 0.5) is 4.39 Å². The first-order valence-corrected chi connectivity index (χ1v) is 5.30. The van der Waals surface area contributed by atoms with E-state index in [1.807, 2.05) is 13.8 Å². The van der Waals surface area contributed by atoms with Gasteiger partial charge in [-0.3, -0.25) is 0 Å². The molecular formula is C9H20FNS. The Kier molecular flexibility index (Phi) is 6.86. The molecule has 0 aromatic rings. The molecule has 0 aliphatic carbocycles. The molecule has 0 N–H and O–H groups in total. The average molecular weight is 193 g/mol. The van der Waals surface area contributed by atoms with Gasteiger partial charge in [0.15, 0.2) is 0 Å². The maximum atomic E-state index is 12.9. The number of thiol groups is 1. The van der Waals surface area contributed by atoms with Gasteiger partial charge in [-0.15, -0.1) is 0 Å². The molecule has 0 aromatic heterocycles. The largest absolute Gasteiger partial charge is 0.301 e. The van der Waals surface area contributed by atoms with Crippen molar-refractivity contribution in [3.8, 4) is 0 Å². The van der Waals surface area contributed by atoms with Crippen LogP contribution >= 0.6 is 12.6 Å². The van der Waals surface area contributed by atoms with Crippen molar-refractivity contribution in [2.75, 3.05) is 19.6 Å². The first-order valence-electron chi connectivity index (χ1n) is 4.78. The normalized spacial score (nSPS) is 30.8. The summed E-state index contributed by atoms with van der Waals surface area (Å²) in [5.41, 5.74) is 0. The van der Waals surface area contributed by atoms with E-state index in [2.05, 4.69) is 24.5 Å². The predicted molar refractivity (Wildman–Crippen MR) is 55.7 cm³/mol. The van der Waals surface area contributed by atoms with Gasteiger partial charge in [0.2, 0.25) is 0 Å². The summed E-state index contributed by atoms with van der Waals surface area (Å²) in [7, 11) is 0. The van der Waals surface area contributed by atoms with Gasteiger partial charge in [-0.25, -0.2) is 4.39 Å². The van der Waals surface area contributed by atoms with Crippen molar-refractivity contribution in [2.24, 2.45) is 0 Å². The molecule has 2 atom stereocenters. The lowest BCUT2D eigenvalue weighted by Gasteiger charge is -2.31. The Morgan fingerprint density at radius 1 is 1.50 bits per heavy atom. The van der Waals surface area contributed by atoms with Gasteiger partial charge >= 0.3 is 0 Å². The van der Waals surface area contributed by atoms with E-state index in [1.165, 1.54) is 0 Å². The van der Waals surface area contributed by atoms with Crippen LogP contribution in [-0.4, -0.2) is 36.0 Å². The summed E-state index contributed by atoms with van der Waals surface area (Å²) >= 11 is 4.13. The molecule has 0 saturated carbocycles. The Hall–Kier alpha value is 0.240. The third kappa shape index (κ3) is 3.76. The highest BCUT2D eigenvalue weighted by Crippen LogP contribution is 2.17. The summed E-state index contributed by atoms with van der Waals surface area (Å²) in [6.45, 7) is 8.60. The monoisotopic (exact) mass is 193 g/mol. The van der Waals surface area contributed by atoms with E-state index < -0.39 is 6.17 Å². The molecule has 1 aliphatic rings. The Morgan fingerprint density at radius 3 is 2.50 bits per heavy atom. The molecule has 0 amide bonds. The highest BCUT2D eigenvalue weighted by Gasteiger charge is 2.25. The van der Waals surface area contributed by atoms with Crippen LogP contribution in [0.3, 0.4) is 0 Å². The minimum Gasteiger partial charge on any atom is -0.301 e. The quantitative estimate of drug-likeness (QED) is 0.626. The summed E-state index contributed by atoms with van der Waals surface area (Å²) in [6.07, 6.45) is 0.162. The van der Waals surface area contributed by atoms with Gasteiger partial charge in [-0.2, -0.15) is 12.6 Å². The maximum Gasteiger partial charge on any atom is 0.124 e. The number of alkyl halides is 1. The Labute approximate surface area is 80.7 Å². The van der Waals surface area contributed by atoms with Crippen LogP contribution in [0.2, 0.25) is 0 Å². The summed E-state index contributed by atoms with van der Waals surface area (Å²) in [6, 6.07) is 0. The number of hydrogen-bond donors (Lipinski definition) is 1. The van der Waals surface area contributed by atoms with E-state index in [4.69, 9.17) is 0 Å². The van der Waals surface area contributed by atoms with E-state index in [0.717, 1.165) is 19.5 Å². The molecule has 1 rings (SSSR count). The summed E-state index contributed by atoms with van der Waals surface area (Å²) in [5, 5.41) is -0.0252. The minimum atomic E-state index is -0.725. The van der Waals surface area contributed by atoms with Gasteiger partial charge in [-0.1, -0.05) is 20.8 Å². The first kappa shape index (κ1) is 12.2. The number of rotatable bonds is 1. The SMILES string of the molecule is CC.CCN1CCC(S)C(F)C1. The molecule has 74 valence electrons. The average Bonchev–Trinajstić information content (AvgIpc) is 2.13. The fourth-order valence-corrected chi connectivity index (χ4v) is 1.45. The van der Waals surface area contributed by atoms with Crippen LogP contribution in [0, 0.1) is 0 Å². The minimum absolute atomic E-state index is 0.0252. The van der Waals surface area contributed by atoms with Gasteiger partial charge in [0, 0.05) is 11.8 Å². The first-order chi connectivity index (χ1) is 5.74. The molecule has 0 bridgehead atoms. The number of hydrogen-bond acceptors (Lipinski definition) is 2.